The van der Waals surface area contributed by atoms with Crippen molar-refractivity contribution in [3.8, 4) is 0 Å². The van der Waals surface area contributed by atoms with Crippen LogP contribution in [0, 0.1) is 0 Å². The van der Waals surface area contributed by atoms with Gasteiger partial charge in [-0.2, -0.15) is 0 Å². The van der Waals surface area contributed by atoms with Crippen molar-refractivity contribution < 1.29 is 0 Å². The zero-order chi connectivity index (χ0) is 13.8. The quantitative estimate of drug-likeness (QED) is 0.856. The van der Waals surface area contributed by atoms with E-state index in [0.29, 0.717) is 0 Å². The molecule has 0 spiro atoms. The highest BCUT2D eigenvalue weighted by Gasteiger charge is 2.16. The van der Waals surface area contributed by atoms with Crippen LogP contribution in [0.2, 0.25) is 0 Å². The van der Waals surface area contributed by atoms with E-state index in [2.05, 4.69) is 66.5 Å². The first kappa shape index (κ1) is 14.7. The lowest BCUT2D eigenvalue weighted by Gasteiger charge is -2.19. The summed E-state index contributed by atoms with van der Waals surface area (Å²) >= 11 is 7.14. The molecule has 0 fully saturated rings. The van der Waals surface area contributed by atoms with Crippen LogP contribution in [0.3, 0.4) is 0 Å². The smallest absolute Gasteiger partial charge is 0.0845 e. The van der Waals surface area contributed by atoms with E-state index in [4.69, 9.17) is 0 Å². The van der Waals surface area contributed by atoms with E-state index in [1.165, 1.54) is 5.56 Å². The maximum Gasteiger partial charge on any atom is 0.0845 e. The molecule has 1 unspecified atom stereocenters. The van der Waals surface area contributed by atoms with Gasteiger partial charge in [0.05, 0.1) is 5.69 Å². The molecule has 0 bridgehead atoms. The van der Waals surface area contributed by atoms with E-state index in [1.807, 2.05) is 19.3 Å². The summed E-state index contributed by atoms with van der Waals surface area (Å²) in [4.78, 5) is 0. The fraction of sp³-hybridized carbons (Fsp3) is 0.385. The minimum absolute atomic E-state index is 0.216. The first-order valence-electron chi connectivity index (χ1n) is 6.13. The minimum Gasteiger partial charge on any atom is -0.310 e. The average Bonchev–Trinajstić information content (AvgIpc) is 2.77. The van der Waals surface area contributed by atoms with Crippen LogP contribution >= 0.6 is 31.9 Å². The van der Waals surface area contributed by atoms with Crippen molar-refractivity contribution in [2.24, 2.45) is 7.05 Å². The van der Waals surface area contributed by atoms with E-state index >= 15 is 0 Å². The summed E-state index contributed by atoms with van der Waals surface area (Å²) < 4.78 is 3.91. The van der Waals surface area contributed by atoms with Crippen LogP contribution in [0.1, 0.15) is 24.2 Å². The van der Waals surface area contributed by atoms with E-state index < -0.39 is 0 Å². The van der Waals surface area contributed by atoms with Gasteiger partial charge in [-0.3, -0.25) is 4.68 Å². The average molecular weight is 388 g/mol. The molecular formula is C13H16Br2N4. The number of nitrogens with zero attached hydrogens (tertiary/aromatic N) is 3. The zero-order valence-corrected chi connectivity index (χ0v) is 14.1. The Morgan fingerprint density at radius 1 is 1.37 bits per heavy atom. The molecule has 1 aromatic carbocycles. The number of benzene rings is 1. The first-order valence-corrected chi connectivity index (χ1v) is 7.72. The monoisotopic (exact) mass is 386 g/mol. The van der Waals surface area contributed by atoms with E-state index in [9.17, 15) is 0 Å². The summed E-state index contributed by atoms with van der Waals surface area (Å²) in [5.74, 6) is 0. The molecule has 6 heteroatoms. The molecule has 1 heterocycles. The summed E-state index contributed by atoms with van der Waals surface area (Å²) in [6.07, 6.45) is 2.77. The number of aromatic nitrogens is 3. The molecule has 1 atom stereocenters. The third kappa shape index (κ3) is 3.87. The van der Waals surface area contributed by atoms with E-state index in [1.54, 1.807) is 4.68 Å². The number of halogens is 2. The Labute approximate surface area is 129 Å². The highest BCUT2D eigenvalue weighted by Crippen LogP contribution is 2.28. The van der Waals surface area contributed by atoms with Gasteiger partial charge in [-0.25, -0.2) is 0 Å². The molecule has 2 rings (SSSR count). The zero-order valence-electron chi connectivity index (χ0n) is 10.9. The molecule has 0 saturated carbocycles. The maximum absolute atomic E-state index is 4.16. The van der Waals surface area contributed by atoms with Crippen LogP contribution in [0.15, 0.2) is 33.3 Å². The summed E-state index contributed by atoms with van der Waals surface area (Å²) in [5, 5.41) is 11.6. The molecule has 0 amide bonds. The van der Waals surface area contributed by atoms with Crippen LogP contribution in [-0.2, 0) is 13.5 Å². The van der Waals surface area contributed by atoms with Gasteiger partial charge >= 0.3 is 0 Å². The lowest BCUT2D eigenvalue weighted by molar-refractivity contribution is 0.541. The second-order valence-corrected chi connectivity index (χ2v) is 6.13. The predicted octanol–water partition coefficient (Wildman–Crippen LogP) is 3.23. The number of likely N-dealkylation sites (N-methyl/N-ethyl adjacent to an activating group) is 1. The maximum atomic E-state index is 4.16. The van der Waals surface area contributed by atoms with Crippen molar-refractivity contribution in [3.05, 3.63) is 44.6 Å². The number of rotatable bonds is 5. The molecule has 4 nitrogen and oxygen atoms in total. The van der Waals surface area contributed by atoms with Gasteiger partial charge in [0.15, 0.2) is 0 Å². The van der Waals surface area contributed by atoms with E-state index in [-0.39, 0.29) is 6.04 Å². The molecule has 0 aliphatic heterocycles. The van der Waals surface area contributed by atoms with Crippen molar-refractivity contribution in [2.45, 2.75) is 19.4 Å². The second-order valence-electron chi connectivity index (χ2n) is 4.36. The molecule has 1 N–H and O–H groups in total. The van der Waals surface area contributed by atoms with Gasteiger partial charge in [0.2, 0.25) is 0 Å². The number of aryl methyl sites for hydroxylation is 1. The predicted molar refractivity (Wildman–Crippen MR) is 83.0 cm³/mol. The first-order chi connectivity index (χ1) is 9.10. The Bertz CT molecular complexity index is 553. The summed E-state index contributed by atoms with van der Waals surface area (Å²) in [6, 6.07) is 6.43. The molecule has 102 valence electrons. The largest absolute Gasteiger partial charge is 0.310 e. The lowest BCUT2D eigenvalue weighted by atomic mass is 10.0. The molecule has 19 heavy (non-hydrogen) atoms. The van der Waals surface area contributed by atoms with E-state index in [0.717, 1.165) is 27.6 Å². The molecule has 1 aromatic heterocycles. The van der Waals surface area contributed by atoms with Crippen molar-refractivity contribution in [3.63, 3.8) is 0 Å². The number of hydrogen-bond acceptors (Lipinski definition) is 3. The number of nitrogens with one attached hydrogen (secondary N) is 1. The third-order valence-corrected chi connectivity index (χ3v) is 4.06. The molecule has 0 radical (unpaired) electrons. The van der Waals surface area contributed by atoms with Gasteiger partial charge in [-0.05, 0) is 30.3 Å². The Morgan fingerprint density at radius 3 is 2.79 bits per heavy atom. The SMILES string of the molecule is CCNC(Cc1cn(C)nn1)c1cc(Br)ccc1Br. The standard InChI is InChI=1S/C13H16Br2N4/c1-3-16-13(7-10-8-19(2)18-17-10)11-6-9(14)4-5-12(11)15/h4-6,8,13,16H,3,7H2,1-2H3. The molecule has 0 aliphatic rings. The van der Waals surface area contributed by atoms with Crippen molar-refractivity contribution in [1.29, 1.82) is 0 Å². The van der Waals surface area contributed by atoms with Crippen LogP contribution in [0.4, 0.5) is 0 Å². The van der Waals surface area contributed by atoms with Crippen LogP contribution < -0.4 is 5.32 Å². The Hall–Kier alpha value is -0.720. The van der Waals surface area contributed by atoms with Crippen LogP contribution in [0.25, 0.3) is 0 Å². The third-order valence-electron chi connectivity index (χ3n) is 2.85. The van der Waals surface area contributed by atoms with Gasteiger partial charge in [0.1, 0.15) is 0 Å². The van der Waals surface area contributed by atoms with Crippen molar-refractivity contribution in [1.82, 2.24) is 20.3 Å². The summed E-state index contributed by atoms with van der Waals surface area (Å²) in [7, 11) is 1.88. The van der Waals surface area contributed by atoms with Crippen molar-refractivity contribution in [2.75, 3.05) is 6.54 Å². The minimum atomic E-state index is 0.216. The lowest BCUT2D eigenvalue weighted by Crippen LogP contribution is -2.23. The molecule has 0 aliphatic carbocycles. The molecule has 0 saturated heterocycles. The number of hydrogen-bond donors (Lipinski definition) is 1. The summed E-state index contributed by atoms with van der Waals surface area (Å²) in [5.41, 5.74) is 2.21. The highest BCUT2D eigenvalue weighted by atomic mass is 79.9. The Kier molecular flexibility index (Phi) is 5.13. The molecule has 2 aromatic rings. The van der Waals surface area contributed by atoms with Gasteiger partial charge in [0.25, 0.3) is 0 Å². The topological polar surface area (TPSA) is 42.7 Å². The summed E-state index contributed by atoms with van der Waals surface area (Å²) in [6.45, 7) is 3.01. The van der Waals surface area contributed by atoms with Gasteiger partial charge < -0.3 is 5.32 Å². The Morgan fingerprint density at radius 2 is 2.16 bits per heavy atom. The van der Waals surface area contributed by atoms with Crippen LogP contribution in [-0.4, -0.2) is 21.5 Å². The Balaban J connectivity index is 2.26. The molecular weight excluding hydrogens is 372 g/mol. The highest BCUT2D eigenvalue weighted by molar-refractivity contribution is 9.11. The van der Waals surface area contributed by atoms with Gasteiger partial charge in [0, 0.05) is 34.7 Å². The fourth-order valence-electron chi connectivity index (χ4n) is 2.02. The normalized spacial score (nSPS) is 12.6. The van der Waals surface area contributed by atoms with Gasteiger partial charge in [-0.1, -0.05) is 44.0 Å². The van der Waals surface area contributed by atoms with Crippen molar-refractivity contribution >= 4 is 31.9 Å². The van der Waals surface area contributed by atoms with Gasteiger partial charge in [-0.15, -0.1) is 5.10 Å². The fourth-order valence-corrected chi connectivity index (χ4v) is 2.92. The second kappa shape index (κ2) is 6.63. The van der Waals surface area contributed by atoms with Crippen LogP contribution in [0.5, 0.6) is 0 Å².